The third-order valence-electron chi connectivity index (χ3n) is 6.96. The maximum Gasteiger partial charge on any atom is 0.322 e. The summed E-state index contributed by atoms with van der Waals surface area (Å²) in [5.41, 5.74) is 2.52. The standard InChI is InChI=1S/C22H24FNO4/c23-18-7-19(28-11-22-8-12-3-13(9-22)5-15(22)4-12)16(14-1-2-14)6-17(18)21(27)24-10-20(25)26/h3,6-7,12,14-15H,1-2,4-5,8-11H2,(H,24,27)(H,25,26). The molecule has 5 aliphatic rings. The molecule has 3 atom stereocenters. The van der Waals surface area contributed by atoms with E-state index in [-0.39, 0.29) is 16.9 Å². The van der Waals surface area contributed by atoms with Crippen LogP contribution in [0.25, 0.3) is 0 Å². The SMILES string of the molecule is O=C(O)CNC(=O)c1cc(C2CC2)c(OCC23CC4=CC(CC2C4)C3)cc1F. The average Bonchev–Trinajstić information content (AvgIpc) is 3.41. The minimum absolute atomic E-state index is 0.111. The van der Waals surface area contributed by atoms with E-state index in [2.05, 4.69) is 11.4 Å². The van der Waals surface area contributed by atoms with Crippen LogP contribution in [-0.2, 0) is 4.79 Å². The lowest BCUT2D eigenvalue weighted by atomic mass is 9.79. The van der Waals surface area contributed by atoms with Crippen molar-refractivity contribution in [3.63, 3.8) is 0 Å². The number of amides is 1. The van der Waals surface area contributed by atoms with Gasteiger partial charge in [0.2, 0.25) is 0 Å². The van der Waals surface area contributed by atoms with Crippen LogP contribution in [0.5, 0.6) is 5.75 Å². The monoisotopic (exact) mass is 385 g/mol. The molecule has 148 valence electrons. The molecule has 6 heteroatoms. The van der Waals surface area contributed by atoms with E-state index in [4.69, 9.17) is 9.84 Å². The summed E-state index contributed by atoms with van der Waals surface area (Å²) in [7, 11) is 0. The summed E-state index contributed by atoms with van der Waals surface area (Å²) in [5, 5.41) is 10.9. The molecule has 3 saturated carbocycles. The molecule has 1 aromatic carbocycles. The Morgan fingerprint density at radius 3 is 2.86 bits per heavy atom. The van der Waals surface area contributed by atoms with Gasteiger partial charge in [-0.05, 0) is 67.9 Å². The number of allylic oxidation sites excluding steroid dienone is 2. The first-order chi connectivity index (χ1) is 13.4. The van der Waals surface area contributed by atoms with E-state index in [0.717, 1.165) is 31.2 Å². The molecule has 0 aliphatic heterocycles. The van der Waals surface area contributed by atoms with Crippen molar-refractivity contribution in [1.29, 1.82) is 0 Å². The van der Waals surface area contributed by atoms with Gasteiger partial charge in [-0.25, -0.2) is 4.39 Å². The van der Waals surface area contributed by atoms with Gasteiger partial charge in [-0.2, -0.15) is 0 Å². The first-order valence-corrected chi connectivity index (χ1v) is 10.1. The fourth-order valence-corrected chi connectivity index (χ4v) is 5.62. The molecule has 3 unspecified atom stereocenters. The Morgan fingerprint density at radius 1 is 1.32 bits per heavy atom. The zero-order valence-corrected chi connectivity index (χ0v) is 15.7. The number of aliphatic carboxylic acids is 1. The zero-order chi connectivity index (χ0) is 19.5. The lowest BCUT2D eigenvalue weighted by Gasteiger charge is -2.30. The molecule has 0 spiro atoms. The summed E-state index contributed by atoms with van der Waals surface area (Å²) >= 11 is 0. The molecule has 3 fully saturated rings. The van der Waals surface area contributed by atoms with Gasteiger partial charge in [0.15, 0.2) is 0 Å². The Bertz CT molecular complexity index is 891. The summed E-state index contributed by atoms with van der Waals surface area (Å²) in [6.45, 7) is 0.0748. The van der Waals surface area contributed by atoms with E-state index in [1.165, 1.54) is 18.9 Å². The highest BCUT2D eigenvalue weighted by Gasteiger charge is 2.54. The van der Waals surface area contributed by atoms with Gasteiger partial charge in [0.25, 0.3) is 5.91 Å². The highest BCUT2D eigenvalue weighted by atomic mass is 19.1. The molecule has 0 heterocycles. The van der Waals surface area contributed by atoms with Crippen molar-refractivity contribution in [1.82, 2.24) is 5.32 Å². The first-order valence-electron chi connectivity index (χ1n) is 10.1. The number of ether oxygens (including phenoxy) is 1. The predicted octanol–water partition coefficient (Wildman–Crippen LogP) is 3.64. The van der Waals surface area contributed by atoms with Crippen molar-refractivity contribution in [3.05, 3.63) is 40.7 Å². The number of carboxylic acid groups (broad SMARTS) is 1. The van der Waals surface area contributed by atoms with Crippen LogP contribution in [-0.4, -0.2) is 30.1 Å². The fraction of sp³-hybridized carbons (Fsp3) is 0.545. The smallest absolute Gasteiger partial charge is 0.322 e. The second kappa shape index (κ2) is 6.33. The number of carbonyl (C=O) groups excluding carboxylic acids is 1. The lowest BCUT2D eigenvalue weighted by Crippen LogP contribution is -2.30. The third kappa shape index (κ3) is 2.99. The second-order valence-electron chi connectivity index (χ2n) is 8.97. The number of hydrogen-bond donors (Lipinski definition) is 2. The summed E-state index contributed by atoms with van der Waals surface area (Å²) in [5.74, 6) is -0.321. The van der Waals surface area contributed by atoms with Crippen molar-refractivity contribution in [3.8, 4) is 5.75 Å². The van der Waals surface area contributed by atoms with Gasteiger partial charge in [0, 0.05) is 11.5 Å². The molecule has 4 bridgehead atoms. The van der Waals surface area contributed by atoms with Gasteiger partial charge in [-0.15, -0.1) is 0 Å². The predicted molar refractivity (Wildman–Crippen MR) is 99.8 cm³/mol. The molecule has 2 N–H and O–H groups in total. The number of benzene rings is 1. The number of carbonyl (C=O) groups is 2. The summed E-state index contributed by atoms with van der Waals surface area (Å²) < 4.78 is 20.8. The molecule has 0 saturated heterocycles. The van der Waals surface area contributed by atoms with Crippen molar-refractivity contribution < 1.29 is 23.8 Å². The fourth-order valence-electron chi connectivity index (χ4n) is 5.62. The van der Waals surface area contributed by atoms with Crippen LogP contribution in [0.3, 0.4) is 0 Å². The van der Waals surface area contributed by atoms with E-state index >= 15 is 0 Å². The summed E-state index contributed by atoms with van der Waals surface area (Å²) in [6.07, 6.45) is 9.15. The highest BCUT2D eigenvalue weighted by molar-refractivity contribution is 5.96. The number of halogens is 1. The Hall–Kier alpha value is -2.37. The van der Waals surface area contributed by atoms with Gasteiger partial charge < -0.3 is 15.2 Å². The van der Waals surface area contributed by atoms with E-state index in [1.807, 2.05) is 0 Å². The van der Waals surface area contributed by atoms with Crippen molar-refractivity contribution in [2.24, 2.45) is 17.3 Å². The summed E-state index contributed by atoms with van der Waals surface area (Å²) in [4.78, 5) is 22.8. The Balaban J connectivity index is 1.36. The molecule has 1 amide bonds. The molecule has 0 aromatic heterocycles. The van der Waals surface area contributed by atoms with Gasteiger partial charge in [0.1, 0.15) is 18.1 Å². The molecular formula is C22H24FNO4. The molecular weight excluding hydrogens is 361 g/mol. The third-order valence-corrected chi connectivity index (χ3v) is 6.96. The van der Waals surface area contributed by atoms with Crippen molar-refractivity contribution in [2.45, 2.75) is 44.4 Å². The van der Waals surface area contributed by atoms with Gasteiger partial charge in [-0.3, -0.25) is 9.59 Å². The first kappa shape index (κ1) is 17.7. The van der Waals surface area contributed by atoms with Crippen LogP contribution in [0.15, 0.2) is 23.8 Å². The highest BCUT2D eigenvalue weighted by Crippen LogP contribution is 2.62. The molecule has 1 aromatic rings. The Morgan fingerprint density at radius 2 is 2.14 bits per heavy atom. The average molecular weight is 385 g/mol. The zero-order valence-electron chi connectivity index (χ0n) is 15.7. The number of carboxylic acids is 1. The van der Waals surface area contributed by atoms with Crippen LogP contribution in [0, 0.1) is 23.1 Å². The van der Waals surface area contributed by atoms with Crippen LogP contribution in [0.1, 0.15) is 60.4 Å². The van der Waals surface area contributed by atoms with Crippen molar-refractivity contribution >= 4 is 11.9 Å². The molecule has 5 nitrogen and oxygen atoms in total. The Labute approximate surface area is 163 Å². The van der Waals surface area contributed by atoms with E-state index < -0.39 is 24.2 Å². The molecule has 6 rings (SSSR count). The largest absolute Gasteiger partial charge is 0.493 e. The maximum atomic E-state index is 14.6. The minimum atomic E-state index is -1.16. The number of nitrogens with one attached hydrogen (secondary N) is 1. The quantitative estimate of drug-likeness (QED) is 0.703. The topological polar surface area (TPSA) is 75.6 Å². The number of rotatable bonds is 7. The Kier molecular flexibility index (Phi) is 4.00. The van der Waals surface area contributed by atoms with E-state index in [1.54, 1.807) is 11.6 Å². The van der Waals surface area contributed by atoms with Gasteiger partial charge in [0.05, 0.1) is 12.2 Å². The molecule has 28 heavy (non-hydrogen) atoms. The lowest BCUT2D eigenvalue weighted by molar-refractivity contribution is -0.135. The second-order valence-corrected chi connectivity index (χ2v) is 8.97. The van der Waals surface area contributed by atoms with Crippen molar-refractivity contribution in [2.75, 3.05) is 13.2 Å². The normalized spacial score (nSPS) is 29.7. The van der Waals surface area contributed by atoms with E-state index in [9.17, 15) is 14.0 Å². The summed E-state index contributed by atoms with van der Waals surface area (Å²) in [6, 6.07) is 2.87. The molecule has 0 radical (unpaired) electrons. The van der Waals surface area contributed by atoms with Gasteiger partial charge in [-0.1, -0.05) is 11.6 Å². The van der Waals surface area contributed by atoms with Gasteiger partial charge >= 0.3 is 5.97 Å². The van der Waals surface area contributed by atoms with E-state index in [0.29, 0.717) is 24.2 Å². The molecule has 5 aliphatic carbocycles. The number of hydrogen-bond acceptors (Lipinski definition) is 3. The van der Waals surface area contributed by atoms with Crippen LogP contribution < -0.4 is 10.1 Å². The minimum Gasteiger partial charge on any atom is -0.493 e. The maximum absolute atomic E-state index is 14.6. The van der Waals surface area contributed by atoms with Crippen LogP contribution in [0.4, 0.5) is 4.39 Å². The van der Waals surface area contributed by atoms with Crippen LogP contribution >= 0.6 is 0 Å². The van der Waals surface area contributed by atoms with Crippen LogP contribution in [0.2, 0.25) is 0 Å².